The molecule has 0 aliphatic heterocycles. The Balaban J connectivity index is 4.75. The van der Waals surface area contributed by atoms with E-state index in [1.165, 1.54) is 19.3 Å². The Kier molecular flexibility index (Phi) is 8.64. The van der Waals surface area contributed by atoms with Crippen molar-refractivity contribution in [3.63, 3.8) is 0 Å². The van der Waals surface area contributed by atoms with Gasteiger partial charge >= 0.3 is 0 Å². The highest BCUT2D eigenvalue weighted by molar-refractivity contribution is 8.77. The number of hydrogen-bond acceptors (Lipinski definition) is 2. The van der Waals surface area contributed by atoms with Crippen LogP contribution in [0.3, 0.4) is 0 Å². The van der Waals surface area contributed by atoms with Gasteiger partial charge in [-0.3, -0.25) is 0 Å². The van der Waals surface area contributed by atoms with Crippen molar-refractivity contribution in [2.24, 2.45) is 22.7 Å². The van der Waals surface area contributed by atoms with E-state index < -0.39 is 0 Å². The molecule has 0 aliphatic rings. The maximum absolute atomic E-state index is 2.45. The Hall–Kier alpha value is 0.700. The third kappa shape index (κ3) is 9.10. The molecule has 1 atom stereocenters. The summed E-state index contributed by atoms with van der Waals surface area (Å²) in [5, 5.41) is 0. The Morgan fingerprint density at radius 3 is 1.43 bits per heavy atom. The van der Waals surface area contributed by atoms with Crippen LogP contribution < -0.4 is 0 Å². The minimum Gasteiger partial charge on any atom is -0.0873 e. The smallest absolute Gasteiger partial charge is 0.0212 e. The van der Waals surface area contributed by atoms with Crippen molar-refractivity contribution in [2.45, 2.75) is 112 Å². The number of rotatable bonds is 10. The molecule has 0 aromatic rings. The molecule has 0 nitrogen and oxygen atoms in total. The van der Waals surface area contributed by atoms with Crippen molar-refractivity contribution in [3.05, 3.63) is 0 Å². The normalized spacial score (nSPS) is 16.0. The molecule has 0 rings (SSSR count). The maximum Gasteiger partial charge on any atom is 0.0212 e. The monoisotopic (exact) mass is 360 g/mol. The average molecular weight is 361 g/mol. The Labute approximate surface area is 156 Å². The lowest BCUT2D eigenvalue weighted by Crippen LogP contribution is -2.33. The lowest BCUT2D eigenvalue weighted by molar-refractivity contribution is 0.149. The van der Waals surface area contributed by atoms with Gasteiger partial charge in [0.1, 0.15) is 0 Å². The van der Waals surface area contributed by atoms with Gasteiger partial charge in [-0.25, -0.2) is 0 Å². The minimum atomic E-state index is 0.310. The summed E-state index contributed by atoms with van der Waals surface area (Å²) in [6, 6.07) is 0. The first-order chi connectivity index (χ1) is 10.0. The zero-order valence-electron chi connectivity index (χ0n) is 18.1. The van der Waals surface area contributed by atoms with E-state index in [1.807, 2.05) is 0 Å². The third-order valence-corrected chi connectivity index (χ3v) is 9.70. The molecule has 0 radical (unpaired) electrons. The van der Waals surface area contributed by atoms with Crippen LogP contribution in [0.4, 0.5) is 0 Å². The first-order valence-corrected chi connectivity index (χ1v) is 11.6. The first kappa shape index (κ1) is 23.7. The van der Waals surface area contributed by atoms with Crippen LogP contribution in [-0.4, -0.2) is 9.49 Å². The molecule has 0 spiro atoms. The highest BCUT2D eigenvalue weighted by atomic mass is 33.1. The van der Waals surface area contributed by atoms with Crippen LogP contribution >= 0.6 is 21.6 Å². The quantitative estimate of drug-likeness (QED) is 0.358. The zero-order valence-corrected chi connectivity index (χ0v) is 19.7. The highest BCUT2D eigenvalue weighted by Crippen LogP contribution is 2.52. The van der Waals surface area contributed by atoms with Crippen LogP contribution in [0.2, 0.25) is 0 Å². The molecule has 0 bridgehead atoms. The van der Waals surface area contributed by atoms with Crippen molar-refractivity contribution in [1.29, 1.82) is 0 Å². The molecule has 23 heavy (non-hydrogen) atoms. The van der Waals surface area contributed by atoms with Crippen molar-refractivity contribution in [2.75, 3.05) is 0 Å². The van der Waals surface area contributed by atoms with Crippen molar-refractivity contribution < 1.29 is 0 Å². The molecule has 0 aromatic heterocycles. The van der Waals surface area contributed by atoms with Crippen LogP contribution in [0.15, 0.2) is 0 Å². The second-order valence-corrected chi connectivity index (χ2v) is 14.1. The van der Waals surface area contributed by atoms with Gasteiger partial charge in [-0.1, -0.05) is 83.4 Å². The third-order valence-electron chi connectivity index (χ3n) is 5.47. The Morgan fingerprint density at radius 2 is 1.09 bits per heavy atom. The van der Waals surface area contributed by atoms with Gasteiger partial charge in [0, 0.05) is 9.49 Å². The van der Waals surface area contributed by atoms with Crippen LogP contribution in [0.5, 0.6) is 0 Å². The molecule has 0 N–H and O–H groups in total. The van der Waals surface area contributed by atoms with Gasteiger partial charge in [0.2, 0.25) is 0 Å². The maximum atomic E-state index is 2.45. The zero-order chi connectivity index (χ0) is 18.7. The van der Waals surface area contributed by atoms with Crippen molar-refractivity contribution in [1.82, 2.24) is 0 Å². The van der Waals surface area contributed by atoms with E-state index in [-0.39, 0.29) is 0 Å². The molecule has 0 saturated carbocycles. The van der Waals surface area contributed by atoms with Gasteiger partial charge in [-0.2, -0.15) is 0 Å². The summed E-state index contributed by atoms with van der Waals surface area (Å²) in [6.45, 7) is 28.9. The molecule has 0 saturated heterocycles. The second kappa shape index (κ2) is 8.39. The molecular formula is C21H44S2. The number of hydrogen-bond donors (Lipinski definition) is 0. The summed E-state index contributed by atoms with van der Waals surface area (Å²) in [5.41, 5.74) is 0.824. The predicted molar refractivity (Wildman–Crippen MR) is 114 cm³/mol. The summed E-state index contributed by atoms with van der Waals surface area (Å²) in [6.07, 6.45) is 3.80. The van der Waals surface area contributed by atoms with Gasteiger partial charge in [-0.05, 0) is 63.2 Å². The Morgan fingerprint density at radius 1 is 0.696 bits per heavy atom. The van der Waals surface area contributed by atoms with Crippen LogP contribution in [0, 0.1) is 22.7 Å². The summed E-state index contributed by atoms with van der Waals surface area (Å²) in [7, 11) is 4.21. The molecule has 0 heterocycles. The van der Waals surface area contributed by atoms with E-state index >= 15 is 0 Å². The van der Waals surface area contributed by atoms with E-state index in [0.717, 1.165) is 11.8 Å². The largest absolute Gasteiger partial charge is 0.0873 e. The molecule has 2 heteroatoms. The average Bonchev–Trinajstić information content (AvgIpc) is 2.33. The topological polar surface area (TPSA) is 0 Å². The molecule has 1 unspecified atom stereocenters. The van der Waals surface area contributed by atoms with Gasteiger partial charge < -0.3 is 0 Å². The summed E-state index contributed by atoms with van der Waals surface area (Å²) < 4.78 is 0.639. The highest BCUT2D eigenvalue weighted by Gasteiger charge is 2.37. The molecule has 0 aromatic carbocycles. The molecular weight excluding hydrogens is 316 g/mol. The molecule has 0 aliphatic carbocycles. The minimum absolute atomic E-state index is 0.310. The van der Waals surface area contributed by atoms with Crippen molar-refractivity contribution in [3.8, 4) is 0 Å². The van der Waals surface area contributed by atoms with Gasteiger partial charge in [-0.15, -0.1) is 0 Å². The molecule has 0 fully saturated rings. The Bertz CT molecular complexity index is 351. The summed E-state index contributed by atoms with van der Waals surface area (Å²) >= 11 is 0. The van der Waals surface area contributed by atoms with Gasteiger partial charge in [0.05, 0.1) is 0 Å². The standard InChI is InChI=1S/C21H44S2/c1-13-18(5,6)14-20(9,10)22-23-21(11,12)15-19(7,8)17(4)16(2)3/h16-17H,13-15H2,1-12H3. The van der Waals surface area contributed by atoms with E-state index in [4.69, 9.17) is 0 Å². The molecule has 0 amide bonds. The predicted octanol–water partition coefficient (Wildman–Crippen LogP) is 8.46. The first-order valence-electron chi connectivity index (χ1n) is 9.40. The second-order valence-electron chi connectivity index (χ2n) is 10.6. The lowest BCUT2D eigenvalue weighted by Gasteiger charge is -2.42. The van der Waals surface area contributed by atoms with Gasteiger partial charge in [0.15, 0.2) is 0 Å². The SMILES string of the molecule is CCC(C)(C)CC(C)(C)SSC(C)(C)CC(C)(C)C(C)C(C)C. The lowest BCUT2D eigenvalue weighted by atomic mass is 9.69. The summed E-state index contributed by atoms with van der Waals surface area (Å²) in [5.74, 6) is 1.50. The van der Waals surface area contributed by atoms with Crippen LogP contribution in [-0.2, 0) is 0 Å². The van der Waals surface area contributed by atoms with Crippen molar-refractivity contribution >= 4 is 21.6 Å². The van der Waals surface area contributed by atoms with E-state index in [1.54, 1.807) is 0 Å². The summed E-state index contributed by atoms with van der Waals surface area (Å²) in [4.78, 5) is 0. The van der Waals surface area contributed by atoms with E-state index in [9.17, 15) is 0 Å². The van der Waals surface area contributed by atoms with Crippen LogP contribution in [0.25, 0.3) is 0 Å². The van der Waals surface area contributed by atoms with E-state index in [2.05, 4.69) is 105 Å². The van der Waals surface area contributed by atoms with E-state index in [0.29, 0.717) is 20.3 Å². The fourth-order valence-electron chi connectivity index (χ4n) is 3.72. The van der Waals surface area contributed by atoms with Gasteiger partial charge in [0.25, 0.3) is 0 Å². The fraction of sp³-hybridized carbons (Fsp3) is 1.00. The molecule has 140 valence electrons. The van der Waals surface area contributed by atoms with Crippen LogP contribution in [0.1, 0.15) is 102 Å². The fourth-order valence-corrected chi connectivity index (χ4v) is 6.76.